The van der Waals surface area contributed by atoms with Gasteiger partial charge in [-0.2, -0.15) is 5.26 Å². The molecule has 0 fully saturated rings. The number of ether oxygens (including phenoxy) is 1. The predicted octanol–water partition coefficient (Wildman–Crippen LogP) is 2.83. The number of nitrogens with zero attached hydrogens (tertiary/aromatic N) is 2. The molecule has 1 aromatic heterocycles. The number of amides is 1. The molecule has 25 heavy (non-hydrogen) atoms. The summed E-state index contributed by atoms with van der Waals surface area (Å²) in [7, 11) is 0. The number of aryl methyl sites for hydroxylation is 1. The first-order valence-corrected chi connectivity index (χ1v) is 8.88. The third-order valence-corrected chi connectivity index (χ3v) is 5.13. The van der Waals surface area contributed by atoms with Gasteiger partial charge in [0.1, 0.15) is 5.54 Å². The van der Waals surface area contributed by atoms with Crippen LogP contribution in [0.4, 0.5) is 0 Å². The van der Waals surface area contributed by atoms with Crippen LogP contribution in [-0.4, -0.2) is 29.0 Å². The summed E-state index contributed by atoms with van der Waals surface area (Å²) in [5.74, 6) is -1.00. The zero-order valence-corrected chi connectivity index (χ0v) is 15.4. The molecule has 0 unspecified atom stereocenters. The molecular formula is C18H21N3O3S. The number of aromatic nitrogens is 1. The average molecular weight is 359 g/mol. The number of hydrogen-bond acceptors (Lipinski definition) is 6. The van der Waals surface area contributed by atoms with Gasteiger partial charge >= 0.3 is 5.97 Å². The van der Waals surface area contributed by atoms with Gasteiger partial charge in [-0.1, -0.05) is 26.0 Å². The highest BCUT2D eigenvalue weighted by molar-refractivity contribution is 7.18. The van der Waals surface area contributed by atoms with Crippen LogP contribution in [0, 0.1) is 17.2 Å². The van der Waals surface area contributed by atoms with E-state index in [-0.39, 0.29) is 18.9 Å². The van der Waals surface area contributed by atoms with E-state index >= 15 is 0 Å². The molecule has 1 N–H and O–H groups in total. The van der Waals surface area contributed by atoms with Gasteiger partial charge in [0.15, 0.2) is 6.61 Å². The number of rotatable bonds is 7. The number of esters is 1. The number of thiazole rings is 1. The first-order valence-electron chi connectivity index (χ1n) is 8.06. The Hall–Kier alpha value is -2.46. The van der Waals surface area contributed by atoms with E-state index in [1.165, 1.54) is 0 Å². The van der Waals surface area contributed by atoms with Crippen LogP contribution < -0.4 is 5.32 Å². The van der Waals surface area contributed by atoms with Crippen molar-refractivity contribution in [1.82, 2.24) is 10.3 Å². The summed E-state index contributed by atoms with van der Waals surface area (Å²) in [6.45, 7) is 4.94. The number of fused-ring (bicyclic) bond motifs is 1. The number of carbonyl (C=O) groups excluding carboxylic acids is 2. The Labute approximate surface area is 150 Å². The van der Waals surface area contributed by atoms with E-state index in [9.17, 15) is 14.9 Å². The van der Waals surface area contributed by atoms with Crippen LogP contribution in [0.15, 0.2) is 24.3 Å². The average Bonchev–Trinajstić information content (AvgIpc) is 3.00. The highest BCUT2D eigenvalue weighted by Gasteiger charge is 2.30. The van der Waals surface area contributed by atoms with Crippen molar-refractivity contribution in [3.05, 3.63) is 29.3 Å². The van der Waals surface area contributed by atoms with Crippen molar-refractivity contribution in [2.24, 2.45) is 5.92 Å². The van der Waals surface area contributed by atoms with Gasteiger partial charge in [-0.25, -0.2) is 4.98 Å². The lowest BCUT2D eigenvalue weighted by Gasteiger charge is -2.27. The molecule has 1 aromatic carbocycles. The van der Waals surface area contributed by atoms with Crippen LogP contribution in [0.2, 0.25) is 0 Å². The molecule has 2 rings (SSSR count). The number of carbonyl (C=O) groups is 2. The summed E-state index contributed by atoms with van der Waals surface area (Å²) < 4.78 is 6.06. The Bertz CT molecular complexity index is 776. The Morgan fingerprint density at radius 3 is 2.76 bits per heavy atom. The lowest BCUT2D eigenvalue weighted by atomic mass is 9.90. The maximum Gasteiger partial charge on any atom is 0.306 e. The number of hydrogen-bond donors (Lipinski definition) is 1. The van der Waals surface area contributed by atoms with Gasteiger partial charge in [-0.15, -0.1) is 11.3 Å². The smallest absolute Gasteiger partial charge is 0.306 e. The molecular weight excluding hydrogens is 338 g/mol. The van der Waals surface area contributed by atoms with Crippen LogP contribution in [0.1, 0.15) is 32.2 Å². The van der Waals surface area contributed by atoms with Crippen molar-refractivity contribution in [1.29, 1.82) is 5.26 Å². The molecule has 0 bridgehead atoms. The second kappa shape index (κ2) is 8.08. The van der Waals surface area contributed by atoms with Gasteiger partial charge < -0.3 is 10.1 Å². The van der Waals surface area contributed by atoms with Gasteiger partial charge in [-0.3, -0.25) is 9.59 Å². The van der Waals surface area contributed by atoms with Gasteiger partial charge in [0.05, 0.1) is 27.7 Å². The lowest BCUT2D eigenvalue weighted by Crippen LogP contribution is -2.50. The second-order valence-corrected chi connectivity index (χ2v) is 7.37. The maximum absolute atomic E-state index is 11.9. The van der Waals surface area contributed by atoms with Crippen molar-refractivity contribution >= 4 is 33.4 Å². The van der Waals surface area contributed by atoms with Gasteiger partial charge in [-0.05, 0) is 25.0 Å². The summed E-state index contributed by atoms with van der Waals surface area (Å²) in [5.41, 5.74) is -0.0653. The van der Waals surface area contributed by atoms with Crippen LogP contribution in [0.5, 0.6) is 0 Å². The summed E-state index contributed by atoms with van der Waals surface area (Å²) in [6.07, 6.45) is 0.633. The third-order valence-electron chi connectivity index (χ3n) is 4.03. The molecule has 0 aliphatic carbocycles. The number of benzene rings is 1. The molecule has 1 atom stereocenters. The quantitative estimate of drug-likeness (QED) is 0.768. The largest absolute Gasteiger partial charge is 0.456 e. The topological polar surface area (TPSA) is 92.1 Å². The highest BCUT2D eigenvalue weighted by Crippen LogP contribution is 2.22. The van der Waals surface area contributed by atoms with Crippen LogP contribution >= 0.6 is 11.3 Å². The third kappa shape index (κ3) is 5.00. The molecule has 6 nitrogen and oxygen atoms in total. The number of para-hydroxylation sites is 1. The van der Waals surface area contributed by atoms with Crippen molar-refractivity contribution in [2.45, 2.75) is 39.2 Å². The standard InChI is InChI=1S/C18H21N3O3S/c1-12(2)18(3,11-19)21-15(22)10-24-17(23)9-8-16-20-13-6-4-5-7-14(13)25-16/h4-7,12H,8-10H2,1-3H3,(H,21,22)/t18-/m1/s1. The minimum absolute atomic E-state index is 0.0591. The van der Waals surface area contributed by atoms with E-state index in [0.717, 1.165) is 15.2 Å². The van der Waals surface area contributed by atoms with E-state index in [1.54, 1.807) is 18.3 Å². The van der Waals surface area contributed by atoms with E-state index in [4.69, 9.17) is 4.74 Å². The maximum atomic E-state index is 11.9. The zero-order valence-electron chi connectivity index (χ0n) is 14.5. The molecule has 0 aliphatic rings. The Balaban J connectivity index is 1.78. The predicted molar refractivity (Wildman–Crippen MR) is 95.9 cm³/mol. The fourth-order valence-corrected chi connectivity index (χ4v) is 3.05. The van der Waals surface area contributed by atoms with E-state index < -0.39 is 17.4 Å². The lowest BCUT2D eigenvalue weighted by molar-refractivity contribution is -0.149. The molecule has 0 spiro atoms. The Morgan fingerprint density at radius 2 is 2.12 bits per heavy atom. The molecule has 0 radical (unpaired) electrons. The summed E-state index contributed by atoms with van der Waals surface area (Å²) >= 11 is 1.54. The number of nitrogens with one attached hydrogen (secondary N) is 1. The minimum atomic E-state index is -0.982. The molecule has 2 aromatic rings. The van der Waals surface area contributed by atoms with E-state index in [1.807, 2.05) is 38.1 Å². The van der Waals surface area contributed by atoms with Gasteiger partial charge in [0, 0.05) is 6.42 Å². The fourth-order valence-electron chi connectivity index (χ4n) is 2.08. The second-order valence-electron chi connectivity index (χ2n) is 6.25. The normalized spacial score (nSPS) is 13.2. The highest BCUT2D eigenvalue weighted by atomic mass is 32.1. The molecule has 132 valence electrons. The Morgan fingerprint density at radius 1 is 1.40 bits per heavy atom. The van der Waals surface area contributed by atoms with Crippen molar-refractivity contribution < 1.29 is 14.3 Å². The summed E-state index contributed by atoms with van der Waals surface area (Å²) in [5, 5.41) is 12.6. The Kier molecular flexibility index (Phi) is 6.10. The summed E-state index contributed by atoms with van der Waals surface area (Å²) in [4.78, 5) is 28.1. The molecule has 1 amide bonds. The van der Waals surface area contributed by atoms with Crippen LogP contribution in [0.25, 0.3) is 10.2 Å². The molecule has 0 saturated carbocycles. The number of nitriles is 1. The monoisotopic (exact) mass is 359 g/mol. The van der Waals surface area contributed by atoms with E-state index in [2.05, 4.69) is 16.4 Å². The van der Waals surface area contributed by atoms with Gasteiger partial charge in [0.25, 0.3) is 5.91 Å². The van der Waals surface area contributed by atoms with Gasteiger partial charge in [0.2, 0.25) is 0 Å². The summed E-state index contributed by atoms with van der Waals surface area (Å²) in [6, 6.07) is 9.86. The van der Waals surface area contributed by atoms with Crippen molar-refractivity contribution in [2.75, 3.05) is 6.61 Å². The molecule has 1 heterocycles. The minimum Gasteiger partial charge on any atom is -0.456 e. The SMILES string of the molecule is CC(C)[C@@](C)(C#N)NC(=O)COC(=O)CCc1nc2ccccc2s1. The fraction of sp³-hybridized carbons (Fsp3) is 0.444. The van der Waals surface area contributed by atoms with Crippen LogP contribution in [-0.2, 0) is 20.7 Å². The van der Waals surface area contributed by atoms with Crippen LogP contribution in [0.3, 0.4) is 0 Å². The first kappa shape index (κ1) is 18.9. The molecule has 0 saturated heterocycles. The zero-order chi connectivity index (χ0) is 18.4. The van der Waals surface area contributed by atoms with Crippen molar-refractivity contribution in [3.8, 4) is 6.07 Å². The first-order chi connectivity index (χ1) is 11.8. The van der Waals surface area contributed by atoms with Crippen molar-refractivity contribution in [3.63, 3.8) is 0 Å². The van der Waals surface area contributed by atoms with E-state index in [0.29, 0.717) is 6.42 Å². The molecule has 7 heteroatoms. The molecule has 0 aliphatic heterocycles.